The molecule has 1 aliphatic carbocycles. The lowest BCUT2D eigenvalue weighted by atomic mass is 9.62. The fourth-order valence-electron chi connectivity index (χ4n) is 4.42. The molecular formula is C21H27NO5. The summed E-state index contributed by atoms with van der Waals surface area (Å²) in [7, 11) is 0. The quantitative estimate of drug-likeness (QED) is 0.610. The fraction of sp³-hybridized carbons (Fsp3) is 0.524. The predicted octanol–water partition coefficient (Wildman–Crippen LogP) is 3.47. The average molecular weight is 373 g/mol. The maximum absolute atomic E-state index is 12.3. The van der Waals surface area contributed by atoms with Crippen molar-refractivity contribution < 1.29 is 23.8 Å². The first-order chi connectivity index (χ1) is 12.9. The van der Waals surface area contributed by atoms with E-state index in [4.69, 9.17) is 14.2 Å². The van der Waals surface area contributed by atoms with Gasteiger partial charge in [-0.2, -0.15) is 0 Å². The minimum Gasteiger partial charge on any atom is -0.489 e. The van der Waals surface area contributed by atoms with Gasteiger partial charge >= 0.3 is 12.1 Å². The van der Waals surface area contributed by atoms with Crippen molar-refractivity contribution in [3.63, 3.8) is 0 Å². The number of carbonyl (C=O) groups excluding carboxylic acids is 2. The lowest BCUT2D eigenvalue weighted by molar-refractivity contribution is -0.154. The maximum atomic E-state index is 12.3. The first-order valence-electron chi connectivity index (χ1n) is 9.39. The van der Waals surface area contributed by atoms with Crippen molar-refractivity contribution in [2.75, 3.05) is 13.2 Å². The number of hydrogen-bond donors (Lipinski definition) is 1. The smallest absolute Gasteiger partial charge is 0.408 e. The Bertz CT molecular complexity index is 706. The van der Waals surface area contributed by atoms with Gasteiger partial charge in [-0.05, 0) is 43.2 Å². The number of amides is 1. The van der Waals surface area contributed by atoms with E-state index in [2.05, 4.69) is 25.7 Å². The van der Waals surface area contributed by atoms with E-state index in [-0.39, 0.29) is 19.1 Å². The second-order valence-electron chi connectivity index (χ2n) is 7.67. The molecule has 1 aromatic carbocycles. The van der Waals surface area contributed by atoms with E-state index in [1.807, 2.05) is 30.3 Å². The van der Waals surface area contributed by atoms with Gasteiger partial charge in [0.1, 0.15) is 19.0 Å². The molecule has 0 bridgehead atoms. The number of hydrogen-bond acceptors (Lipinski definition) is 5. The van der Waals surface area contributed by atoms with E-state index in [1.165, 1.54) is 0 Å². The number of nitrogens with one attached hydrogen (secondary N) is 1. The van der Waals surface area contributed by atoms with Crippen LogP contribution in [0.4, 0.5) is 4.79 Å². The number of para-hydroxylation sites is 1. The number of alkyl carbamates (subject to hydrolysis) is 1. The van der Waals surface area contributed by atoms with E-state index in [1.54, 1.807) is 0 Å². The summed E-state index contributed by atoms with van der Waals surface area (Å²) in [6.07, 6.45) is 3.25. The molecule has 1 aromatic rings. The number of carbonyl (C=O) groups is 2. The molecule has 0 aromatic heterocycles. The van der Waals surface area contributed by atoms with Gasteiger partial charge in [0.15, 0.2) is 0 Å². The molecule has 1 heterocycles. The standard InChI is InChI=1S/C21H27NO5/c1-4-18(23)26-14-20(13-25-17-8-6-5-7-9-17)21(22-19(24)27-20)11-10-15(2)12-16(21)3/h4-9,15-16H,1,10-14H2,2-3H3,(H,22,24). The SMILES string of the molecule is C=CC(=O)OCC1(COc2ccccc2)OC(=O)NC12CCC(C)CC2C. The molecule has 0 radical (unpaired) electrons. The van der Waals surface area contributed by atoms with Crippen molar-refractivity contribution in [1.82, 2.24) is 5.32 Å². The monoisotopic (exact) mass is 373 g/mol. The van der Waals surface area contributed by atoms with Crippen LogP contribution in [0.15, 0.2) is 43.0 Å². The minimum atomic E-state index is -1.10. The molecule has 27 heavy (non-hydrogen) atoms. The van der Waals surface area contributed by atoms with Crippen molar-refractivity contribution >= 4 is 12.1 Å². The Kier molecular flexibility index (Phi) is 5.44. The molecule has 4 atom stereocenters. The summed E-state index contributed by atoms with van der Waals surface area (Å²) in [5, 5.41) is 3.05. The van der Waals surface area contributed by atoms with Crippen LogP contribution in [-0.4, -0.2) is 36.4 Å². The zero-order valence-electron chi connectivity index (χ0n) is 15.9. The van der Waals surface area contributed by atoms with E-state index in [0.29, 0.717) is 11.7 Å². The highest BCUT2D eigenvalue weighted by atomic mass is 16.6. The minimum absolute atomic E-state index is 0.0812. The predicted molar refractivity (Wildman–Crippen MR) is 100 cm³/mol. The molecule has 1 saturated carbocycles. The van der Waals surface area contributed by atoms with Crippen LogP contribution in [0, 0.1) is 11.8 Å². The van der Waals surface area contributed by atoms with Crippen LogP contribution in [0.2, 0.25) is 0 Å². The molecule has 6 nitrogen and oxygen atoms in total. The Morgan fingerprint density at radius 3 is 2.74 bits per heavy atom. The molecule has 1 aliphatic heterocycles. The van der Waals surface area contributed by atoms with Crippen molar-refractivity contribution in [3.8, 4) is 5.75 Å². The van der Waals surface area contributed by atoms with Crippen molar-refractivity contribution in [2.45, 2.75) is 44.2 Å². The van der Waals surface area contributed by atoms with Crippen LogP contribution in [0.5, 0.6) is 5.75 Å². The zero-order valence-corrected chi connectivity index (χ0v) is 15.9. The molecule has 2 fully saturated rings. The Hall–Kier alpha value is -2.50. The van der Waals surface area contributed by atoms with Crippen LogP contribution in [0.3, 0.4) is 0 Å². The second-order valence-corrected chi connectivity index (χ2v) is 7.67. The van der Waals surface area contributed by atoms with Gasteiger partial charge < -0.3 is 19.5 Å². The van der Waals surface area contributed by atoms with Crippen LogP contribution in [0.25, 0.3) is 0 Å². The summed E-state index contributed by atoms with van der Waals surface area (Å²) in [5.41, 5.74) is -1.75. The Labute approximate surface area is 159 Å². The highest BCUT2D eigenvalue weighted by molar-refractivity contribution is 5.81. The lowest BCUT2D eigenvalue weighted by Gasteiger charge is -2.49. The van der Waals surface area contributed by atoms with Gasteiger partial charge in [0.2, 0.25) is 5.60 Å². The van der Waals surface area contributed by atoms with Crippen LogP contribution < -0.4 is 10.1 Å². The number of benzene rings is 1. The van der Waals surface area contributed by atoms with Crippen LogP contribution >= 0.6 is 0 Å². The largest absolute Gasteiger partial charge is 0.489 e. The molecule has 1 saturated heterocycles. The summed E-state index contributed by atoms with van der Waals surface area (Å²) >= 11 is 0. The van der Waals surface area contributed by atoms with Gasteiger partial charge in [-0.1, -0.05) is 38.6 Å². The van der Waals surface area contributed by atoms with Gasteiger partial charge in [-0.25, -0.2) is 9.59 Å². The topological polar surface area (TPSA) is 73.9 Å². The number of ether oxygens (including phenoxy) is 3. The van der Waals surface area contributed by atoms with Crippen molar-refractivity contribution in [1.29, 1.82) is 0 Å². The summed E-state index contributed by atoms with van der Waals surface area (Å²) in [5.74, 6) is 0.826. The summed E-state index contributed by atoms with van der Waals surface area (Å²) in [6, 6.07) is 9.33. The first kappa shape index (κ1) is 19.3. The fourth-order valence-corrected chi connectivity index (χ4v) is 4.42. The van der Waals surface area contributed by atoms with E-state index >= 15 is 0 Å². The molecule has 1 spiro atoms. The Balaban J connectivity index is 1.91. The number of cyclic esters (lactones) is 1. The molecule has 1 N–H and O–H groups in total. The van der Waals surface area contributed by atoms with E-state index in [9.17, 15) is 9.59 Å². The third-order valence-electron chi connectivity index (χ3n) is 5.88. The average Bonchev–Trinajstić information content (AvgIpc) is 2.95. The maximum Gasteiger partial charge on any atom is 0.408 e. The van der Waals surface area contributed by atoms with Gasteiger partial charge in [-0.15, -0.1) is 0 Å². The highest BCUT2D eigenvalue weighted by Gasteiger charge is 2.65. The molecule has 2 aliphatic rings. The van der Waals surface area contributed by atoms with Crippen molar-refractivity contribution in [2.24, 2.45) is 11.8 Å². The van der Waals surface area contributed by atoms with Crippen LogP contribution in [0.1, 0.15) is 33.1 Å². The third-order valence-corrected chi connectivity index (χ3v) is 5.88. The first-order valence-corrected chi connectivity index (χ1v) is 9.39. The highest BCUT2D eigenvalue weighted by Crippen LogP contribution is 2.48. The number of rotatable bonds is 6. The van der Waals surface area contributed by atoms with E-state index < -0.39 is 23.2 Å². The lowest BCUT2D eigenvalue weighted by Crippen LogP contribution is -2.67. The summed E-state index contributed by atoms with van der Waals surface area (Å²) < 4.78 is 17.1. The zero-order chi connectivity index (χ0) is 19.5. The molecule has 6 heteroatoms. The van der Waals surface area contributed by atoms with Crippen LogP contribution in [-0.2, 0) is 14.3 Å². The second kappa shape index (κ2) is 7.62. The summed E-state index contributed by atoms with van der Waals surface area (Å²) in [6.45, 7) is 7.77. The molecule has 4 unspecified atom stereocenters. The normalized spacial score (nSPS) is 32.4. The van der Waals surface area contributed by atoms with Gasteiger partial charge in [0.05, 0.1) is 5.54 Å². The number of esters is 1. The summed E-state index contributed by atoms with van der Waals surface area (Å²) in [4.78, 5) is 24.1. The molecule has 146 valence electrons. The van der Waals surface area contributed by atoms with Crippen molar-refractivity contribution in [3.05, 3.63) is 43.0 Å². The molecule has 1 amide bonds. The third kappa shape index (κ3) is 3.66. The van der Waals surface area contributed by atoms with E-state index in [0.717, 1.165) is 25.3 Å². The molecular weight excluding hydrogens is 346 g/mol. The van der Waals surface area contributed by atoms with Gasteiger partial charge in [0.25, 0.3) is 0 Å². The molecule has 3 rings (SSSR count). The van der Waals surface area contributed by atoms with Gasteiger partial charge in [-0.3, -0.25) is 0 Å². The Morgan fingerprint density at radius 1 is 1.33 bits per heavy atom. The Morgan fingerprint density at radius 2 is 2.07 bits per heavy atom. The van der Waals surface area contributed by atoms with Gasteiger partial charge in [0, 0.05) is 6.08 Å².